The standard InChI is InChI=1S/C28H40N4O3/c1-3-14-28(25(34)32(26(35)29-28)20-13-23-10-7-17-30(23)2)22-11-18-31(19-12-22)24(33)27(15-16-27)21-8-5-4-6-9-21/h4-6,8-9,22-23H,3,7,10-20H2,1-2H3,(H,29,35)/t23-,28-/m0/s1. The van der Waals surface area contributed by atoms with E-state index in [1.807, 2.05) is 23.1 Å². The average molecular weight is 481 g/mol. The van der Waals surface area contributed by atoms with E-state index in [0.717, 1.165) is 57.1 Å². The van der Waals surface area contributed by atoms with Gasteiger partial charge in [0.05, 0.1) is 5.41 Å². The molecule has 0 spiro atoms. The predicted molar refractivity (Wildman–Crippen MR) is 135 cm³/mol. The number of carbonyl (C=O) groups excluding carboxylic acids is 3. The van der Waals surface area contributed by atoms with Crippen LogP contribution in [0.1, 0.15) is 70.3 Å². The summed E-state index contributed by atoms with van der Waals surface area (Å²) in [5.41, 5.74) is -0.0490. The maximum Gasteiger partial charge on any atom is 0.325 e. The number of urea groups is 1. The van der Waals surface area contributed by atoms with Crippen molar-refractivity contribution in [3.05, 3.63) is 35.9 Å². The number of rotatable bonds is 8. The molecule has 0 radical (unpaired) electrons. The van der Waals surface area contributed by atoms with E-state index >= 15 is 0 Å². The molecule has 3 saturated heterocycles. The zero-order chi connectivity index (χ0) is 24.6. The second kappa shape index (κ2) is 9.57. The molecule has 3 aliphatic heterocycles. The monoisotopic (exact) mass is 480 g/mol. The molecule has 4 aliphatic rings. The maximum absolute atomic E-state index is 13.7. The van der Waals surface area contributed by atoms with Crippen LogP contribution in [0.3, 0.4) is 0 Å². The van der Waals surface area contributed by atoms with Crippen molar-refractivity contribution in [2.45, 2.75) is 81.7 Å². The Kier molecular flexibility index (Phi) is 6.64. The van der Waals surface area contributed by atoms with Crippen molar-refractivity contribution < 1.29 is 14.4 Å². The molecule has 7 nitrogen and oxygen atoms in total. The molecule has 5 rings (SSSR count). The third-order valence-corrected chi connectivity index (χ3v) is 9.17. The first-order chi connectivity index (χ1) is 16.9. The van der Waals surface area contributed by atoms with Crippen LogP contribution in [-0.2, 0) is 15.0 Å². The van der Waals surface area contributed by atoms with Gasteiger partial charge < -0.3 is 15.1 Å². The summed E-state index contributed by atoms with van der Waals surface area (Å²) in [6, 6.07) is 10.4. The Morgan fingerprint density at radius 2 is 1.77 bits per heavy atom. The molecule has 3 heterocycles. The molecule has 1 aromatic rings. The van der Waals surface area contributed by atoms with Crippen molar-refractivity contribution in [1.82, 2.24) is 20.0 Å². The average Bonchev–Trinajstić information content (AvgIpc) is 3.53. The van der Waals surface area contributed by atoms with Gasteiger partial charge in [-0.2, -0.15) is 0 Å². The second-order valence-corrected chi connectivity index (χ2v) is 11.2. The fourth-order valence-electron chi connectivity index (χ4n) is 6.90. The smallest absolute Gasteiger partial charge is 0.325 e. The second-order valence-electron chi connectivity index (χ2n) is 11.2. The fraction of sp³-hybridized carbons (Fsp3) is 0.679. The molecule has 1 saturated carbocycles. The number of benzene rings is 1. The third-order valence-electron chi connectivity index (χ3n) is 9.17. The van der Waals surface area contributed by atoms with Crippen LogP contribution < -0.4 is 5.32 Å². The van der Waals surface area contributed by atoms with E-state index in [1.54, 1.807) is 0 Å². The van der Waals surface area contributed by atoms with Crippen LogP contribution in [0.2, 0.25) is 0 Å². The normalized spacial score (nSPS) is 29.0. The van der Waals surface area contributed by atoms with Gasteiger partial charge in [0.2, 0.25) is 5.91 Å². The molecular weight excluding hydrogens is 440 g/mol. The highest BCUT2D eigenvalue weighted by atomic mass is 16.2. The quantitative estimate of drug-likeness (QED) is 0.578. The Bertz CT molecular complexity index is 954. The Labute approximate surface area is 209 Å². The molecule has 35 heavy (non-hydrogen) atoms. The van der Waals surface area contributed by atoms with E-state index in [-0.39, 0.29) is 29.2 Å². The number of hydrogen-bond acceptors (Lipinski definition) is 4. The highest BCUT2D eigenvalue weighted by molar-refractivity contribution is 6.07. The van der Waals surface area contributed by atoms with Gasteiger partial charge in [-0.3, -0.25) is 14.5 Å². The molecule has 2 atom stereocenters. The van der Waals surface area contributed by atoms with Gasteiger partial charge in [-0.1, -0.05) is 43.7 Å². The van der Waals surface area contributed by atoms with Crippen LogP contribution in [-0.4, -0.2) is 77.4 Å². The molecule has 190 valence electrons. The van der Waals surface area contributed by atoms with Gasteiger partial charge in [0.15, 0.2) is 0 Å². The number of nitrogens with one attached hydrogen (secondary N) is 1. The largest absolute Gasteiger partial charge is 0.342 e. The number of likely N-dealkylation sites (tertiary alicyclic amines) is 2. The third kappa shape index (κ3) is 4.26. The molecule has 1 aliphatic carbocycles. The van der Waals surface area contributed by atoms with Crippen molar-refractivity contribution in [2.75, 3.05) is 33.2 Å². The Morgan fingerprint density at radius 3 is 2.37 bits per heavy atom. The number of carbonyl (C=O) groups is 3. The number of amides is 4. The van der Waals surface area contributed by atoms with Crippen molar-refractivity contribution >= 4 is 17.8 Å². The number of hydrogen-bond donors (Lipinski definition) is 1. The van der Waals surface area contributed by atoms with Gasteiger partial charge in [0.1, 0.15) is 5.54 Å². The van der Waals surface area contributed by atoms with Crippen molar-refractivity contribution in [2.24, 2.45) is 5.92 Å². The van der Waals surface area contributed by atoms with E-state index in [1.165, 1.54) is 11.3 Å². The van der Waals surface area contributed by atoms with Crippen LogP contribution in [0, 0.1) is 5.92 Å². The lowest BCUT2D eigenvalue weighted by atomic mass is 9.74. The molecular formula is C28H40N4O3. The van der Waals surface area contributed by atoms with E-state index in [2.05, 4.69) is 36.3 Å². The van der Waals surface area contributed by atoms with Gasteiger partial charge in [0, 0.05) is 25.7 Å². The van der Waals surface area contributed by atoms with E-state index in [9.17, 15) is 14.4 Å². The van der Waals surface area contributed by atoms with Gasteiger partial charge in [-0.05, 0) is 76.4 Å². The molecule has 0 bridgehead atoms. The van der Waals surface area contributed by atoms with E-state index in [0.29, 0.717) is 32.1 Å². The van der Waals surface area contributed by atoms with Crippen molar-refractivity contribution in [1.29, 1.82) is 0 Å². The van der Waals surface area contributed by atoms with Crippen molar-refractivity contribution in [3.63, 3.8) is 0 Å². The number of nitrogens with zero attached hydrogens (tertiary/aromatic N) is 3. The highest BCUT2D eigenvalue weighted by Gasteiger charge is 2.57. The van der Waals surface area contributed by atoms with Crippen LogP contribution in [0.4, 0.5) is 4.79 Å². The summed E-state index contributed by atoms with van der Waals surface area (Å²) in [4.78, 5) is 46.0. The Balaban J connectivity index is 1.24. The van der Waals surface area contributed by atoms with Gasteiger partial charge in [0.25, 0.3) is 5.91 Å². The molecule has 4 fully saturated rings. The molecule has 4 amide bonds. The SMILES string of the molecule is CCC[C@@]1(C2CCN(C(=O)C3(c4ccccc4)CC3)CC2)NC(=O)N(CC[C@@H]2CCCN2C)C1=O. The summed E-state index contributed by atoms with van der Waals surface area (Å²) < 4.78 is 0. The summed E-state index contributed by atoms with van der Waals surface area (Å²) >= 11 is 0. The minimum atomic E-state index is -0.820. The molecule has 0 aromatic heterocycles. The predicted octanol–water partition coefficient (Wildman–Crippen LogP) is 3.53. The van der Waals surface area contributed by atoms with E-state index in [4.69, 9.17) is 0 Å². The summed E-state index contributed by atoms with van der Waals surface area (Å²) in [6.45, 7) is 4.96. The number of piperidine rings is 1. The highest BCUT2D eigenvalue weighted by Crippen LogP contribution is 2.50. The first-order valence-corrected chi connectivity index (χ1v) is 13.6. The fourth-order valence-corrected chi connectivity index (χ4v) is 6.90. The Hall–Kier alpha value is -2.41. The van der Waals surface area contributed by atoms with Gasteiger partial charge in [-0.15, -0.1) is 0 Å². The van der Waals surface area contributed by atoms with Crippen LogP contribution >= 0.6 is 0 Å². The summed E-state index contributed by atoms with van der Waals surface area (Å²) in [6.07, 6.45) is 7.98. The molecule has 1 N–H and O–H groups in total. The van der Waals surface area contributed by atoms with Crippen LogP contribution in [0.25, 0.3) is 0 Å². The zero-order valence-electron chi connectivity index (χ0n) is 21.3. The minimum Gasteiger partial charge on any atom is -0.342 e. The van der Waals surface area contributed by atoms with Crippen molar-refractivity contribution in [3.8, 4) is 0 Å². The summed E-state index contributed by atoms with van der Waals surface area (Å²) in [5.74, 6) is 0.252. The minimum absolute atomic E-state index is 0.0438. The number of imide groups is 1. The zero-order valence-corrected chi connectivity index (χ0v) is 21.3. The lowest BCUT2D eigenvalue weighted by Crippen LogP contribution is -2.57. The van der Waals surface area contributed by atoms with Gasteiger partial charge >= 0.3 is 6.03 Å². The summed E-state index contributed by atoms with van der Waals surface area (Å²) in [7, 11) is 2.13. The summed E-state index contributed by atoms with van der Waals surface area (Å²) in [5, 5.41) is 3.16. The molecule has 0 unspecified atom stereocenters. The lowest BCUT2D eigenvalue weighted by molar-refractivity contribution is -0.137. The van der Waals surface area contributed by atoms with Gasteiger partial charge in [-0.25, -0.2) is 4.79 Å². The molecule has 7 heteroatoms. The van der Waals surface area contributed by atoms with E-state index < -0.39 is 5.54 Å². The lowest BCUT2D eigenvalue weighted by Gasteiger charge is -2.41. The van der Waals surface area contributed by atoms with Crippen LogP contribution in [0.5, 0.6) is 0 Å². The topological polar surface area (TPSA) is 73.0 Å². The first-order valence-electron chi connectivity index (χ1n) is 13.6. The Morgan fingerprint density at radius 1 is 1.06 bits per heavy atom. The maximum atomic E-state index is 13.7. The molecule has 1 aromatic carbocycles. The first kappa shape index (κ1) is 24.3. The van der Waals surface area contributed by atoms with Crippen LogP contribution in [0.15, 0.2) is 30.3 Å².